The quantitative estimate of drug-likeness (QED) is 0.735. The number of aromatic nitrogens is 3. The third kappa shape index (κ3) is 3.23. The molecular formula is C14H18N6O3S. The highest BCUT2D eigenvalue weighted by Crippen LogP contribution is 2.13. The Hall–Kier alpha value is -2.49. The van der Waals surface area contributed by atoms with Crippen LogP contribution in [0.15, 0.2) is 6.20 Å². The van der Waals surface area contributed by atoms with E-state index in [0.29, 0.717) is 18.7 Å². The monoisotopic (exact) mass is 350 g/mol. The number of aryl methyl sites for hydroxylation is 1. The van der Waals surface area contributed by atoms with Gasteiger partial charge in [0.05, 0.1) is 24.9 Å². The fourth-order valence-electron chi connectivity index (χ4n) is 2.53. The van der Waals surface area contributed by atoms with Crippen molar-refractivity contribution >= 4 is 34.1 Å². The highest BCUT2D eigenvalue weighted by molar-refractivity contribution is 7.16. The lowest BCUT2D eigenvalue weighted by atomic mass is 10.2. The van der Waals surface area contributed by atoms with Crippen molar-refractivity contribution in [2.24, 2.45) is 0 Å². The molecule has 1 fully saturated rings. The number of hydrogen-bond acceptors (Lipinski definition) is 6. The number of fused-ring (bicyclic) bond motifs is 1. The molecule has 0 bridgehead atoms. The van der Waals surface area contributed by atoms with Gasteiger partial charge in [-0.15, -0.1) is 0 Å². The number of hydrogen-bond donors (Lipinski definition) is 2. The summed E-state index contributed by atoms with van der Waals surface area (Å²) in [5.41, 5.74) is 0.691. The molecule has 0 saturated carbocycles. The van der Waals surface area contributed by atoms with Gasteiger partial charge in [0.25, 0.3) is 5.91 Å². The summed E-state index contributed by atoms with van der Waals surface area (Å²) in [6, 6.07) is -1.23. The summed E-state index contributed by atoms with van der Waals surface area (Å²) in [5.74, 6) is -0.660. The van der Waals surface area contributed by atoms with Gasteiger partial charge in [-0.2, -0.15) is 5.10 Å². The first-order chi connectivity index (χ1) is 11.5. The molecule has 24 heavy (non-hydrogen) atoms. The largest absolute Gasteiger partial charge is 0.350 e. The molecule has 0 radical (unpaired) electrons. The summed E-state index contributed by atoms with van der Waals surface area (Å²) in [7, 11) is 0. The SMILES string of the molecule is CCCN1C(=O)N[C@H](CC(=O)NCc2cn3nc(C)sc3n2)C1=O. The Balaban J connectivity index is 1.53. The molecule has 1 aliphatic heterocycles. The van der Waals surface area contributed by atoms with Gasteiger partial charge in [-0.1, -0.05) is 18.3 Å². The number of imide groups is 1. The average Bonchev–Trinajstić information content (AvgIpc) is 3.12. The van der Waals surface area contributed by atoms with Crippen LogP contribution < -0.4 is 10.6 Å². The molecule has 1 atom stereocenters. The molecule has 1 aliphatic rings. The van der Waals surface area contributed by atoms with Crippen LogP contribution in [0.25, 0.3) is 4.96 Å². The van der Waals surface area contributed by atoms with Crippen LogP contribution in [0.1, 0.15) is 30.5 Å². The molecular weight excluding hydrogens is 332 g/mol. The standard InChI is InChI=1S/C14H18N6O3S/c1-3-4-19-12(22)10(17-13(19)23)5-11(21)15-6-9-7-20-14(16-9)24-8(2)18-20/h7,10H,3-6H2,1-2H3,(H,15,21)(H,17,23)/t10-/m1/s1. The summed E-state index contributed by atoms with van der Waals surface area (Å²) in [5, 5.41) is 10.4. The lowest BCUT2D eigenvalue weighted by Crippen LogP contribution is -2.36. The molecule has 0 spiro atoms. The molecule has 3 heterocycles. The summed E-state index contributed by atoms with van der Waals surface area (Å²) >= 11 is 1.47. The normalized spacial score (nSPS) is 17.6. The topological polar surface area (TPSA) is 109 Å². The predicted molar refractivity (Wildman–Crippen MR) is 86.4 cm³/mol. The van der Waals surface area contributed by atoms with Crippen molar-refractivity contribution in [3.05, 3.63) is 16.9 Å². The molecule has 2 aromatic rings. The van der Waals surface area contributed by atoms with Gasteiger partial charge in [-0.05, 0) is 13.3 Å². The van der Waals surface area contributed by atoms with Crippen molar-refractivity contribution < 1.29 is 14.4 Å². The van der Waals surface area contributed by atoms with Crippen LogP contribution >= 0.6 is 11.3 Å². The van der Waals surface area contributed by atoms with E-state index >= 15 is 0 Å². The minimum absolute atomic E-state index is 0.0790. The zero-order valence-electron chi connectivity index (χ0n) is 13.4. The Bertz CT molecular complexity index is 766. The summed E-state index contributed by atoms with van der Waals surface area (Å²) in [6.45, 7) is 4.39. The third-order valence-corrected chi connectivity index (χ3v) is 4.44. The average molecular weight is 350 g/mol. The van der Waals surface area contributed by atoms with Crippen molar-refractivity contribution in [1.82, 2.24) is 30.1 Å². The van der Waals surface area contributed by atoms with Crippen molar-refractivity contribution in [3.63, 3.8) is 0 Å². The Morgan fingerprint density at radius 3 is 2.96 bits per heavy atom. The minimum Gasteiger partial charge on any atom is -0.350 e. The number of carbonyl (C=O) groups is 3. The maximum atomic E-state index is 12.1. The van der Waals surface area contributed by atoms with Gasteiger partial charge in [-0.25, -0.2) is 14.3 Å². The van der Waals surface area contributed by atoms with E-state index in [-0.39, 0.29) is 24.8 Å². The molecule has 0 aliphatic carbocycles. The maximum absolute atomic E-state index is 12.1. The summed E-state index contributed by atoms with van der Waals surface area (Å²) in [4.78, 5) is 42.1. The van der Waals surface area contributed by atoms with Crippen molar-refractivity contribution in [2.75, 3.05) is 6.54 Å². The Kier molecular flexibility index (Phi) is 4.47. The number of amides is 4. The third-order valence-electron chi connectivity index (χ3n) is 3.60. The van der Waals surface area contributed by atoms with Gasteiger partial charge in [0.15, 0.2) is 0 Å². The van der Waals surface area contributed by atoms with Gasteiger partial charge >= 0.3 is 6.03 Å². The first kappa shape index (κ1) is 16.4. The Morgan fingerprint density at radius 2 is 2.25 bits per heavy atom. The summed E-state index contributed by atoms with van der Waals surface area (Å²) < 4.78 is 1.67. The van der Waals surface area contributed by atoms with Crippen molar-refractivity contribution in [2.45, 2.75) is 39.3 Å². The Morgan fingerprint density at radius 1 is 1.46 bits per heavy atom. The molecule has 2 aromatic heterocycles. The number of carbonyl (C=O) groups excluding carboxylic acids is 3. The lowest BCUT2D eigenvalue weighted by Gasteiger charge is -2.11. The maximum Gasteiger partial charge on any atom is 0.324 e. The van der Waals surface area contributed by atoms with E-state index in [0.717, 1.165) is 14.9 Å². The highest BCUT2D eigenvalue weighted by atomic mass is 32.1. The Labute approximate surface area is 142 Å². The van der Waals surface area contributed by atoms with Crippen LogP contribution in [-0.4, -0.2) is 49.9 Å². The zero-order chi connectivity index (χ0) is 17.3. The number of nitrogens with zero attached hydrogens (tertiary/aromatic N) is 4. The first-order valence-electron chi connectivity index (χ1n) is 7.68. The molecule has 10 heteroatoms. The fourth-order valence-corrected chi connectivity index (χ4v) is 3.27. The molecule has 0 unspecified atom stereocenters. The van der Waals surface area contributed by atoms with E-state index in [9.17, 15) is 14.4 Å². The highest BCUT2D eigenvalue weighted by Gasteiger charge is 2.38. The van der Waals surface area contributed by atoms with Gasteiger partial charge in [-0.3, -0.25) is 14.5 Å². The van der Waals surface area contributed by atoms with Gasteiger partial charge in [0, 0.05) is 6.54 Å². The van der Waals surface area contributed by atoms with E-state index < -0.39 is 12.1 Å². The molecule has 9 nitrogen and oxygen atoms in total. The number of nitrogens with one attached hydrogen (secondary N) is 2. The van der Waals surface area contributed by atoms with Crippen LogP contribution in [0.5, 0.6) is 0 Å². The zero-order valence-corrected chi connectivity index (χ0v) is 14.2. The number of imidazole rings is 1. The van der Waals surface area contributed by atoms with Gasteiger partial charge in [0.1, 0.15) is 11.0 Å². The first-order valence-corrected chi connectivity index (χ1v) is 8.50. The van der Waals surface area contributed by atoms with E-state index in [1.54, 1.807) is 10.7 Å². The van der Waals surface area contributed by atoms with Crippen LogP contribution in [0.2, 0.25) is 0 Å². The molecule has 4 amide bonds. The smallest absolute Gasteiger partial charge is 0.324 e. The number of urea groups is 1. The van der Waals surface area contributed by atoms with Crippen molar-refractivity contribution in [3.8, 4) is 0 Å². The van der Waals surface area contributed by atoms with Gasteiger partial charge in [0.2, 0.25) is 10.9 Å². The molecule has 2 N–H and O–H groups in total. The molecule has 128 valence electrons. The van der Waals surface area contributed by atoms with E-state index in [2.05, 4.69) is 20.7 Å². The minimum atomic E-state index is -0.793. The number of rotatable bonds is 6. The van der Waals surface area contributed by atoms with E-state index in [1.807, 2.05) is 13.8 Å². The molecule has 0 aromatic carbocycles. The fraction of sp³-hybridized carbons (Fsp3) is 0.500. The van der Waals surface area contributed by atoms with E-state index in [4.69, 9.17) is 0 Å². The lowest BCUT2D eigenvalue weighted by molar-refractivity contribution is -0.130. The summed E-state index contributed by atoms with van der Waals surface area (Å²) in [6.07, 6.45) is 2.36. The molecule has 3 rings (SSSR count). The van der Waals surface area contributed by atoms with Crippen molar-refractivity contribution in [1.29, 1.82) is 0 Å². The second-order valence-corrected chi connectivity index (χ2v) is 6.71. The van der Waals surface area contributed by atoms with Crippen LogP contribution in [0.4, 0.5) is 4.79 Å². The van der Waals surface area contributed by atoms with Gasteiger partial charge < -0.3 is 10.6 Å². The second kappa shape index (κ2) is 6.56. The van der Waals surface area contributed by atoms with Crippen LogP contribution in [0, 0.1) is 6.92 Å². The van der Waals surface area contributed by atoms with Crippen LogP contribution in [0.3, 0.4) is 0 Å². The molecule has 1 saturated heterocycles. The van der Waals surface area contributed by atoms with Crippen LogP contribution in [-0.2, 0) is 16.1 Å². The predicted octanol–water partition coefficient (Wildman–Crippen LogP) is 0.436. The van der Waals surface area contributed by atoms with E-state index in [1.165, 1.54) is 11.3 Å². The second-order valence-electron chi connectivity index (χ2n) is 5.55.